The van der Waals surface area contributed by atoms with Crippen LogP contribution in [0.15, 0.2) is 24.3 Å². The van der Waals surface area contributed by atoms with Crippen LogP contribution >= 0.6 is 0 Å². The molecule has 24 heavy (non-hydrogen) atoms. The molecule has 1 amide bonds. The van der Waals surface area contributed by atoms with Crippen LogP contribution in [0.1, 0.15) is 26.7 Å². The van der Waals surface area contributed by atoms with E-state index in [0.29, 0.717) is 6.42 Å². The molecule has 1 saturated heterocycles. The third kappa shape index (κ3) is 3.28. The van der Waals surface area contributed by atoms with Crippen LogP contribution in [0.4, 0.5) is 0 Å². The Morgan fingerprint density at radius 3 is 2.83 bits per heavy atom. The van der Waals surface area contributed by atoms with E-state index in [1.165, 1.54) is 0 Å². The van der Waals surface area contributed by atoms with Crippen molar-refractivity contribution in [2.75, 3.05) is 11.5 Å². The molecule has 0 spiro atoms. The van der Waals surface area contributed by atoms with E-state index in [9.17, 15) is 13.2 Å². The minimum absolute atomic E-state index is 0.00872. The molecule has 2 aromatic rings. The third-order valence-corrected chi connectivity index (χ3v) is 6.41. The van der Waals surface area contributed by atoms with Gasteiger partial charge in [0, 0.05) is 12.1 Å². The van der Waals surface area contributed by atoms with Crippen LogP contribution in [-0.2, 0) is 21.2 Å². The maximum Gasteiger partial charge on any atom is 0.244 e. The van der Waals surface area contributed by atoms with Gasteiger partial charge in [0.25, 0.3) is 0 Å². The molecular weight excluding hydrogens is 328 g/mol. The quantitative estimate of drug-likeness (QED) is 0.810. The Balaban J connectivity index is 1.84. The highest BCUT2D eigenvalue weighted by molar-refractivity contribution is 7.91. The van der Waals surface area contributed by atoms with Gasteiger partial charge in [0.05, 0.1) is 17.0 Å². The number of carbonyl (C=O) groups excluding carboxylic acids is 1. The Labute approximate surface area is 141 Å². The smallest absolute Gasteiger partial charge is 0.244 e. The van der Waals surface area contributed by atoms with Crippen LogP contribution in [0, 0.1) is 0 Å². The lowest BCUT2D eigenvalue weighted by molar-refractivity contribution is -0.136. The summed E-state index contributed by atoms with van der Waals surface area (Å²) in [6.07, 6.45) is 1.29. The first-order valence-electron chi connectivity index (χ1n) is 8.21. The van der Waals surface area contributed by atoms with Crippen LogP contribution in [-0.4, -0.2) is 57.8 Å². The lowest BCUT2D eigenvalue weighted by Crippen LogP contribution is -2.48. The fourth-order valence-electron chi connectivity index (χ4n) is 3.24. The summed E-state index contributed by atoms with van der Waals surface area (Å²) in [6.45, 7) is 4.03. The molecule has 1 aromatic carbocycles. The number of para-hydroxylation sites is 1. The summed E-state index contributed by atoms with van der Waals surface area (Å²) in [5.41, 5.74) is 1.54. The summed E-state index contributed by atoms with van der Waals surface area (Å²) in [5.74, 6) is 0.104. The summed E-state index contributed by atoms with van der Waals surface area (Å²) in [5, 5.41) is 8.12. The van der Waals surface area contributed by atoms with Crippen molar-refractivity contribution in [1.29, 1.82) is 0 Å². The van der Waals surface area contributed by atoms with E-state index in [4.69, 9.17) is 0 Å². The Bertz CT molecular complexity index is 846. The second-order valence-corrected chi connectivity index (χ2v) is 8.58. The minimum Gasteiger partial charge on any atom is -0.334 e. The number of rotatable bonds is 5. The van der Waals surface area contributed by atoms with Gasteiger partial charge in [-0.1, -0.05) is 24.3 Å². The highest BCUT2D eigenvalue weighted by Gasteiger charge is 2.36. The highest BCUT2D eigenvalue weighted by atomic mass is 32.2. The molecule has 130 valence electrons. The number of benzene rings is 1. The van der Waals surface area contributed by atoms with E-state index < -0.39 is 9.84 Å². The van der Waals surface area contributed by atoms with Gasteiger partial charge in [0.2, 0.25) is 5.91 Å². The van der Waals surface area contributed by atoms with Gasteiger partial charge >= 0.3 is 0 Å². The Morgan fingerprint density at radius 1 is 1.42 bits per heavy atom. The predicted octanol–water partition coefficient (Wildman–Crippen LogP) is 1.25. The summed E-state index contributed by atoms with van der Waals surface area (Å²) in [6, 6.07) is 7.22. The maximum atomic E-state index is 12.9. The Hall–Kier alpha value is -1.96. The normalized spacial score (nSPS) is 21.0. The Kier molecular flexibility index (Phi) is 4.58. The summed E-state index contributed by atoms with van der Waals surface area (Å²) in [4.78, 5) is 14.6. The first-order valence-corrected chi connectivity index (χ1v) is 10.0. The van der Waals surface area contributed by atoms with Crippen LogP contribution in [0.2, 0.25) is 0 Å². The average molecular weight is 350 g/mol. The molecule has 1 aliphatic rings. The number of fused-ring (bicyclic) bond motifs is 1. The first-order chi connectivity index (χ1) is 11.4. The number of nitrogens with zero attached hydrogens (tertiary/aromatic N) is 4. The van der Waals surface area contributed by atoms with Gasteiger partial charge in [0.15, 0.2) is 9.84 Å². The number of aromatic nitrogens is 3. The average Bonchev–Trinajstić information content (AvgIpc) is 3.11. The molecule has 0 radical (unpaired) electrons. The van der Waals surface area contributed by atoms with E-state index in [2.05, 4.69) is 10.3 Å². The minimum atomic E-state index is -3.04. The maximum absolute atomic E-state index is 12.9. The van der Waals surface area contributed by atoms with Gasteiger partial charge in [0.1, 0.15) is 12.1 Å². The molecule has 1 aromatic heterocycles. The fraction of sp³-hybridized carbons (Fsp3) is 0.562. The van der Waals surface area contributed by atoms with Crippen LogP contribution in [0.5, 0.6) is 0 Å². The van der Waals surface area contributed by atoms with Crippen LogP contribution in [0.3, 0.4) is 0 Å². The van der Waals surface area contributed by atoms with Crippen molar-refractivity contribution in [2.45, 2.75) is 45.3 Å². The van der Waals surface area contributed by atoms with E-state index in [1.54, 1.807) is 9.58 Å². The molecule has 0 unspecified atom stereocenters. The van der Waals surface area contributed by atoms with E-state index in [1.807, 2.05) is 38.1 Å². The van der Waals surface area contributed by atoms with Gasteiger partial charge < -0.3 is 4.90 Å². The molecule has 0 aliphatic carbocycles. The van der Waals surface area contributed by atoms with Crippen molar-refractivity contribution in [3.8, 4) is 0 Å². The zero-order chi connectivity index (χ0) is 17.3. The second kappa shape index (κ2) is 6.51. The molecule has 7 nitrogen and oxygen atoms in total. The van der Waals surface area contributed by atoms with Gasteiger partial charge in [-0.2, -0.15) is 0 Å². The third-order valence-electron chi connectivity index (χ3n) is 4.66. The molecule has 2 heterocycles. The predicted molar refractivity (Wildman–Crippen MR) is 91.2 cm³/mol. The van der Waals surface area contributed by atoms with Crippen molar-refractivity contribution in [3.05, 3.63) is 24.3 Å². The van der Waals surface area contributed by atoms with Gasteiger partial charge in [-0.3, -0.25) is 4.79 Å². The van der Waals surface area contributed by atoms with E-state index in [0.717, 1.165) is 17.5 Å². The van der Waals surface area contributed by atoms with Crippen molar-refractivity contribution in [1.82, 2.24) is 19.9 Å². The van der Waals surface area contributed by atoms with Gasteiger partial charge in [-0.15, -0.1) is 5.10 Å². The second-order valence-electron chi connectivity index (χ2n) is 6.35. The monoisotopic (exact) mass is 350 g/mol. The van der Waals surface area contributed by atoms with Crippen LogP contribution in [0.25, 0.3) is 11.0 Å². The standard InChI is InChI=1S/C16H22N4O3S/c1-3-12(2)20(13-8-9-24(22,23)11-13)16(21)10-19-15-7-5-4-6-14(15)17-18-19/h4-7,12-13H,3,8-11H2,1-2H3/t12-,13+/m0/s1. The Morgan fingerprint density at radius 2 is 2.17 bits per heavy atom. The van der Waals surface area contributed by atoms with Gasteiger partial charge in [-0.05, 0) is 31.9 Å². The largest absolute Gasteiger partial charge is 0.334 e. The number of hydrogen-bond donors (Lipinski definition) is 0. The molecule has 1 aliphatic heterocycles. The van der Waals surface area contributed by atoms with Crippen LogP contribution < -0.4 is 0 Å². The van der Waals surface area contributed by atoms with Gasteiger partial charge in [-0.25, -0.2) is 13.1 Å². The summed E-state index contributed by atoms with van der Waals surface area (Å²) < 4.78 is 25.2. The summed E-state index contributed by atoms with van der Waals surface area (Å²) in [7, 11) is -3.04. The van der Waals surface area contributed by atoms with Crippen molar-refractivity contribution in [2.24, 2.45) is 0 Å². The lowest BCUT2D eigenvalue weighted by atomic mass is 10.1. The molecule has 0 N–H and O–H groups in total. The molecule has 3 rings (SSSR count). The lowest BCUT2D eigenvalue weighted by Gasteiger charge is -2.33. The molecule has 0 saturated carbocycles. The number of carbonyl (C=O) groups is 1. The molecule has 1 fully saturated rings. The fourth-order valence-corrected chi connectivity index (χ4v) is 4.96. The molecule has 0 bridgehead atoms. The van der Waals surface area contributed by atoms with Crippen molar-refractivity contribution < 1.29 is 13.2 Å². The SMILES string of the molecule is CC[C@H](C)N(C(=O)Cn1nnc2ccccc21)[C@@H]1CCS(=O)(=O)C1. The zero-order valence-electron chi connectivity index (χ0n) is 13.9. The van der Waals surface area contributed by atoms with Crippen molar-refractivity contribution >= 4 is 26.8 Å². The highest BCUT2D eigenvalue weighted by Crippen LogP contribution is 2.22. The van der Waals surface area contributed by atoms with Crippen molar-refractivity contribution in [3.63, 3.8) is 0 Å². The zero-order valence-corrected chi connectivity index (χ0v) is 14.7. The molecular formula is C16H22N4O3S. The van der Waals surface area contributed by atoms with E-state index >= 15 is 0 Å². The number of sulfone groups is 1. The first kappa shape index (κ1) is 16.9. The topological polar surface area (TPSA) is 85.2 Å². The van der Waals surface area contributed by atoms with E-state index in [-0.39, 0.29) is 36.0 Å². The summed E-state index contributed by atoms with van der Waals surface area (Å²) >= 11 is 0. The number of hydrogen-bond acceptors (Lipinski definition) is 5. The molecule has 8 heteroatoms. The molecule has 2 atom stereocenters. The number of amides is 1.